The van der Waals surface area contributed by atoms with Crippen LogP contribution >= 0.6 is 11.6 Å². The highest BCUT2D eigenvalue weighted by Gasteiger charge is 2.57. The Balaban J connectivity index is 1.93. The van der Waals surface area contributed by atoms with Gasteiger partial charge in [0.25, 0.3) is 0 Å². The first-order valence-electron chi connectivity index (χ1n) is 10.8. The molecule has 32 heavy (non-hydrogen) atoms. The van der Waals surface area contributed by atoms with Crippen molar-refractivity contribution in [2.45, 2.75) is 69.8 Å². The predicted molar refractivity (Wildman–Crippen MR) is 125 cm³/mol. The molecule has 0 aliphatic carbocycles. The summed E-state index contributed by atoms with van der Waals surface area (Å²) in [5.74, 6) is 0.600. The van der Waals surface area contributed by atoms with Crippen LogP contribution in [0.5, 0.6) is 0 Å². The van der Waals surface area contributed by atoms with Crippen LogP contribution in [-0.2, 0) is 4.74 Å². The number of hydrogen-bond donors (Lipinski definition) is 4. The monoisotopic (exact) mass is 461 g/mol. The van der Waals surface area contributed by atoms with Crippen molar-refractivity contribution in [1.29, 1.82) is 0 Å². The molecule has 3 rings (SSSR count). The lowest BCUT2D eigenvalue weighted by Crippen LogP contribution is -2.49. The van der Waals surface area contributed by atoms with Gasteiger partial charge in [-0.15, -0.1) is 5.73 Å². The summed E-state index contributed by atoms with van der Waals surface area (Å²) in [6.45, 7) is 9.35. The lowest BCUT2D eigenvalue weighted by Gasteiger charge is -2.31. The number of allylic oxidation sites excluding steroid dienone is 1. The Labute approximate surface area is 194 Å². The van der Waals surface area contributed by atoms with Crippen LogP contribution in [0.15, 0.2) is 53.0 Å². The molecule has 1 fully saturated rings. The van der Waals surface area contributed by atoms with Crippen LogP contribution < -0.4 is 5.73 Å². The fraction of sp³-hybridized carbons (Fsp3) is 0.500. The molecule has 1 unspecified atom stereocenters. The topological polar surface area (TPSA) is 112 Å². The first-order chi connectivity index (χ1) is 15.1. The van der Waals surface area contributed by atoms with E-state index in [2.05, 4.69) is 17.3 Å². The van der Waals surface area contributed by atoms with Crippen molar-refractivity contribution in [3.05, 3.63) is 64.1 Å². The number of halogens is 1. The number of aliphatic hydroxyl groups excluding tert-OH is 2. The van der Waals surface area contributed by atoms with E-state index in [9.17, 15) is 15.3 Å². The molecule has 1 saturated heterocycles. The van der Waals surface area contributed by atoms with E-state index < -0.39 is 30.1 Å². The van der Waals surface area contributed by atoms with Gasteiger partial charge in [-0.25, -0.2) is 4.99 Å². The highest BCUT2D eigenvalue weighted by atomic mass is 35.5. The molecule has 5 N–H and O–H groups in total. The maximum absolute atomic E-state index is 11.1. The molecule has 0 radical (unpaired) electrons. The van der Waals surface area contributed by atoms with E-state index >= 15 is 0 Å². The normalized spacial score (nSPS) is 30.1. The van der Waals surface area contributed by atoms with E-state index in [4.69, 9.17) is 22.1 Å². The quantitative estimate of drug-likeness (QED) is 0.367. The van der Waals surface area contributed by atoms with E-state index in [-0.39, 0.29) is 6.04 Å². The number of aliphatic imine (C=N–C) groups is 1. The van der Waals surface area contributed by atoms with Crippen LogP contribution in [0.4, 0.5) is 0 Å². The van der Waals surface area contributed by atoms with Crippen LogP contribution in [0.1, 0.15) is 43.9 Å². The lowest BCUT2D eigenvalue weighted by molar-refractivity contribution is -0.120. The van der Waals surface area contributed by atoms with Crippen LogP contribution in [0.2, 0.25) is 5.02 Å². The summed E-state index contributed by atoms with van der Waals surface area (Å²) in [6.07, 6.45) is 0.125. The van der Waals surface area contributed by atoms with Crippen molar-refractivity contribution in [3.8, 4) is 0 Å². The molecule has 0 amide bonds. The van der Waals surface area contributed by atoms with Crippen molar-refractivity contribution in [2.24, 2.45) is 10.7 Å². The van der Waals surface area contributed by atoms with Gasteiger partial charge in [0.1, 0.15) is 29.7 Å². The molecule has 0 bridgehead atoms. The maximum atomic E-state index is 11.1. The zero-order chi connectivity index (χ0) is 23.6. The summed E-state index contributed by atoms with van der Waals surface area (Å²) in [5, 5.41) is 33.8. The molecule has 1 aromatic carbocycles. The Kier molecular flexibility index (Phi) is 7.63. The molecule has 8 heteroatoms. The van der Waals surface area contributed by atoms with Gasteiger partial charge in [0.05, 0.1) is 0 Å². The summed E-state index contributed by atoms with van der Waals surface area (Å²) in [4.78, 5) is 6.32. The zero-order valence-electron chi connectivity index (χ0n) is 18.7. The number of aliphatic hydroxyl groups is 3. The van der Waals surface area contributed by atoms with Crippen LogP contribution in [-0.4, -0.2) is 63.1 Å². The van der Waals surface area contributed by atoms with Gasteiger partial charge in [-0.3, -0.25) is 0 Å². The highest BCUT2D eigenvalue weighted by molar-refractivity contribution is 6.31. The number of rotatable bonds is 7. The Morgan fingerprint density at radius 1 is 1.50 bits per heavy atom. The van der Waals surface area contributed by atoms with Crippen LogP contribution in [0, 0.1) is 6.92 Å². The number of benzene rings is 1. The van der Waals surface area contributed by atoms with Crippen LogP contribution in [0.25, 0.3) is 0 Å². The first kappa shape index (κ1) is 24.7. The van der Waals surface area contributed by atoms with E-state index in [0.29, 0.717) is 29.4 Å². The molecule has 0 spiro atoms. The molecule has 2 aliphatic rings. The molecule has 174 valence electrons. The first-order valence-corrected chi connectivity index (χ1v) is 11.1. The van der Waals surface area contributed by atoms with E-state index in [0.717, 1.165) is 17.6 Å². The molecule has 2 aliphatic heterocycles. The van der Waals surface area contributed by atoms with Gasteiger partial charge in [-0.05, 0) is 55.5 Å². The van der Waals surface area contributed by atoms with E-state index in [1.54, 1.807) is 35.4 Å². The third kappa shape index (κ3) is 4.56. The third-order valence-corrected chi connectivity index (χ3v) is 6.73. The number of aryl methyl sites for hydroxylation is 1. The molecule has 0 saturated carbocycles. The molecular formula is C24H32ClN3O4. The van der Waals surface area contributed by atoms with Gasteiger partial charge in [-0.1, -0.05) is 37.2 Å². The van der Waals surface area contributed by atoms with Crippen molar-refractivity contribution in [1.82, 2.24) is 4.90 Å². The average Bonchev–Trinajstić information content (AvgIpc) is 3.28. The molecule has 6 atom stereocenters. The number of nitrogens with zero attached hydrogens (tertiary/aromatic N) is 2. The Morgan fingerprint density at radius 2 is 2.22 bits per heavy atom. The minimum Gasteiger partial charge on any atom is -0.386 e. The second-order valence-electron chi connectivity index (χ2n) is 8.53. The van der Waals surface area contributed by atoms with Gasteiger partial charge in [0.2, 0.25) is 0 Å². The zero-order valence-corrected chi connectivity index (χ0v) is 19.5. The molecular weight excluding hydrogens is 430 g/mol. The van der Waals surface area contributed by atoms with E-state index in [1.165, 1.54) is 6.92 Å². The summed E-state index contributed by atoms with van der Waals surface area (Å²) in [5.41, 5.74) is 9.53. The number of nitrogens with two attached hydrogens (primary N) is 1. The van der Waals surface area contributed by atoms with Gasteiger partial charge >= 0.3 is 0 Å². The second kappa shape index (κ2) is 9.89. The lowest BCUT2D eigenvalue weighted by atomic mass is 9.88. The second-order valence-corrected chi connectivity index (χ2v) is 8.93. The molecule has 1 aromatic rings. The van der Waals surface area contributed by atoms with E-state index in [1.807, 2.05) is 13.8 Å². The largest absolute Gasteiger partial charge is 0.386 e. The highest BCUT2D eigenvalue weighted by Crippen LogP contribution is 2.42. The summed E-state index contributed by atoms with van der Waals surface area (Å²) in [6, 6.07) is 4.94. The summed E-state index contributed by atoms with van der Waals surface area (Å²) in [7, 11) is 0. The summed E-state index contributed by atoms with van der Waals surface area (Å²) >= 11 is 6.10. The SMILES string of the molecule is C=C=C/C=N\C1=C(C(N)CC)CCN1[C@@H]1O[C@H]([C@H](O)c2ccc(Cl)c(C)c2)[C@@](C)(O)[C@H]1O. The van der Waals surface area contributed by atoms with Crippen LogP contribution in [0.3, 0.4) is 0 Å². The molecule has 0 aromatic heterocycles. The Hall–Kier alpha value is -1.96. The Morgan fingerprint density at radius 3 is 2.84 bits per heavy atom. The summed E-state index contributed by atoms with van der Waals surface area (Å²) < 4.78 is 6.11. The van der Waals surface area contributed by atoms with Crippen molar-refractivity contribution >= 4 is 17.8 Å². The minimum atomic E-state index is -1.71. The third-order valence-electron chi connectivity index (χ3n) is 6.31. The van der Waals surface area contributed by atoms with Gasteiger partial charge < -0.3 is 30.7 Å². The predicted octanol–water partition coefficient (Wildman–Crippen LogP) is 2.59. The molecule has 7 nitrogen and oxygen atoms in total. The maximum Gasteiger partial charge on any atom is 0.161 e. The fourth-order valence-corrected chi connectivity index (χ4v) is 4.41. The standard InChI is InChI=1S/C24H32ClN3O4/c1-5-7-11-27-22-16(18(26)6-2)10-12-28(22)23-20(30)24(4,31)21(32-23)19(29)15-8-9-17(25)14(3)13-15/h7-9,11,13,18-21,23,29-31H,1,6,10,12,26H2,2-4H3/b27-11-/t18?,19-,20+,21-,23-,24+/m1/s1. The fourth-order valence-electron chi connectivity index (χ4n) is 4.29. The van der Waals surface area contributed by atoms with Gasteiger partial charge in [-0.2, -0.15) is 0 Å². The Bertz CT molecular complexity index is 955. The number of hydrogen-bond acceptors (Lipinski definition) is 7. The average molecular weight is 462 g/mol. The van der Waals surface area contributed by atoms with Gasteiger partial charge in [0.15, 0.2) is 6.23 Å². The van der Waals surface area contributed by atoms with Crippen molar-refractivity contribution in [3.63, 3.8) is 0 Å². The minimum absolute atomic E-state index is 0.183. The van der Waals surface area contributed by atoms with Crippen molar-refractivity contribution < 1.29 is 20.1 Å². The van der Waals surface area contributed by atoms with Crippen molar-refractivity contribution in [2.75, 3.05) is 6.54 Å². The smallest absolute Gasteiger partial charge is 0.161 e. The van der Waals surface area contributed by atoms with Gasteiger partial charge in [0, 0.05) is 23.8 Å². The number of ether oxygens (including phenoxy) is 1. The molecule has 2 heterocycles.